The summed E-state index contributed by atoms with van der Waals surface area (Å²) in [6.07, 6.45) is 2.73. The molecule has 2 aromatic carbocycles. The summed E-state index contributed by atoms with van der Waals surface area (Å²) in [7, 11) is 1.70. The van der Waals surface area contributed by atoms with Crippen molar-refractivity contribution in [2.45, 2.75) is 38.0 Å². The number of para-hydroxylation sites is 1. The number of benzene rings is 2. The van der Waals surface area contributed by atoms with E-state index >= 15 is 0 Å². The first-order valence-electron chi connectivity index (χ1n) is 9.42. The molecule has 1 saturated heterocycles. The van der Waals surface area contributed by atoms with Crippen molar-refractivity contribution < 1.29 is 14.6 Å². The highest BCUT2D eigenvalue weighted by Gasteiger charge is 2.22. The third kappa shape index (κ3) is 5.56. The summed E-state index contributed by atoms with van der Waals surface area (Å²) < 4.78 is 11.3. The second kappa shape index (κ2) is 9.72. The van der Waals surface area contributed by atoms with Crippen molar-refractivity contribution in [3.63, 3.8) is 0 Å². The van der Waals surface area contributed by atoms with Crippen molar-refractivity contribution in [3.8, 4) is 5.75 Å². The standard InChI is InChI=1S/C22H29NO3/c1-25-22-12-6-5-10-19(22)15-23(17-21-11-7-13-26-21)16-20(24)14-18-8-3-2-4-9-18/h2-6,8-10,12,20-21,24H,7,11,13-17H2,1H3. The molecule has 2 atom stereocenters. The van der Waals surface area contributed by atoms with Crippen LogP contribution in [0.1, 0.15) is 24.0 Å². The van der Waals surface area contributed by atoms with Gasteiger partial charge in [0.1, 0.15) is 5.75 Å². The zero-order chi connectivity index (χ0) is 18.2. The van der Waals surface area contributed by atoms with Crippen LogP contribution in [-0.2, 0) is 17.7 Å². The number of hydrogen-bond donors (Lipinski definition) is 1. The average Bonchev–Trinajstić information content (AvgIpc) is 3.16. The quantitative estimate of drug-likeness (QED) is 0.750. The van der Waals surface area contributed by atoms with Crippen molar-refractivity contribution in [2.24, 2.45) is 0 Å². The largest absolute Gasteiger partial charge is 0.496 e. The summed E-state index contributed by atoms with van der Waals surface area (Å²) in [5.41, 5.74) is 2.30. The van der Waals surface area contributed by atoms with Crippen LogP contribution in [0.25, 0.3) is 0 Å². The van der Waals surface area contributed by atoms with Crippen molar-refractivity contribution in [3.05, 3.63) is 65.7 Å². The molecule has 1 aliphatic rings. The van der Waals surface area contributed by atoms with Gasteiger partial charge in [0.25, 0.3) is 0 Å². The van der Waals surface area contributed by atoms with Crippen LogP contribution in [0, 0.1) is 0 Å². The Kier molecular flexibility index (Phi) is 7.06. The summed E-state index contributed by atoms with van der Waals surface area (Å²) in [4.78, 5) is 2.29. The molecular weight excluding hydrogens is 326 g/mol. The fourth-order valence-corrected chi connectivity index (χ4v) is 3.60. The van der Waals surface area contributed by atoms with E-state index in [4.69, 9.17) is 9.47 Å². The fraction of sp³-hybridized carbons (Fsp3) is 0.455. The molecule has 1 aliphatic heterocycles. The van der Waals surface area contributed by atoms with Gasteiger partial charge in [-0.25, -0.2) is 0 Å². The molecule has 0 bridgehead atoms. The molecule has 140 valence electrons. The van der Waals surface area contributed by atoms with Gasteiger partial charge < -0.3 is 14.6 Å². The van der Waals surface area contributed by atoms with Crippen LogP contribution in [0.4, 0.5) is 0 Å². The predicted molar refractivity (Wildman–Crippen MR) is 103 cm³/mol. The number of rotatable bonds is 9. The molecule has 2 aromatic rings. The molecule has 1 fully saturated rings. The molecule has 4 nitrogen and oxygen atoms in total. The first kappa shape index (κ1) is 18.9. The van der Waals surface area contributed by atoms with E-state index in [1.807, 2.05) is 36.4 Å². The van der Waals surface area contributed by atoms with Gasteiger partial charge in [-0.1, -0.05) is 48.5 Å². The molecule has 0 radical (unpaired) electrons. The van der Waals surface area contributed by atoms with Gasteiger partial charge in [0.05, 0.1) is 19.3 Å². The van der Waals surface area contributed by atoms with Gasteiger partial charge in [-0.2, -0.15) is 0 Å². The molecule has 3 rings (SSSR count). The number of nitrogens with zero attached hydrogens (tertiary/aromatic N) is 1. The Morgan fingerprint density at radius 2 is 1.92 bits per heavy atom. The normalized spacial score (nSPS) is 18.2. The molecule has 0 aromatic heterocycles. The summed E-state index contributed by atoms with van der Waals surface area (Å²) in [5, 5.41) is 10.6. The highest BCUT2D eigenvalue weighted by Crippen LogP contribution is 2.21. The summed E-state index contributed by atoms with van der Waals surface area (Å²) in [5.74, 6) is 0.891. The summed E-state index contributed by atoms with van der Waals surface area (Å²) in [6, 6.07) is 18.2. The van der Waals surface area contributed by atoms with E-state index in [0.717, 1.165) is 49.4 Å². The van der Waals surface area contributed by atoms with Gasteiger partial charge in [0.2, 0.25) is 0 Å². The molecule has 0 amide bonds. The molecule has 4 heteroatoms. The van der Waals surface area contributed by atoms with Crippen LogP contribution in [0.3, 0.4) is 0 Å². The fourth-order valence-electron chi connectivity index (χ4n) is 3.60. The van der Waals surface area contributed by atoms with Crippen LogP contribution in [-0.4, -0.2) is 49.0 Å². The van der Waals surface area contributed by atoms with Gasteiger partial charge >= 0.3 is 0 Å². The third-order valence-corrected chi connectivity index (χ3v) is 4.86. The van der Waals surface area contributed by atoms with Gasteiger partial charge in [-0.15, -0.1) is 0 Å². The lowest BCUT2D eigenvalue weighted by molar-refractivity contribution is 0.0461. The highest BCUT2D eigenvalue weighted by atomic mass is 16.5. The van der Waals surface area contributed by atoms with E-state index in [0.29, 0.717) is 13.0 Å². The zero-order valence-corrected chi connectivity index (χ0v) is 15.5. The second-order valence-electron chi connectivity index (χ2n) is 6.98. The Morgan fingerprint density at radius 3 is 2.65 bits per heavy atom. The van der Waals surface area contributed by atoms with Crippen LogP contribution in [0.5, 0.6) is 5.75 Å². The Balaban J connectivity index is 1.66. The van der Waals surface area contributed by atoms with Crippen molar-refractivity contribution in [1.82, 2.24) is 4.90 Å². The Labute approximate surface area is 156 Å². The van der Waals surface area contributed by atoms with E-state index in [-0.39, 0.29) is 6.10 Å². The SMILES string of the molecule is COc1ccccc1CN(CC(O)Cc1ccccc1)CC1CCCO1. The number of methoxy groups -OCH3 is 1. The molecule has 1 N–H and O–H groups in total. The zero-order valence-electron chi connectivity index (χ0n) is 15.5. The molecule has 0 aliphatic carbocycles. The minimum Gasteiger partial charge on any atom is -0.496 e. The minimum atomic E-state index is -0.409. The summed E-state index contributed by atoms with van der Waals surface area (Å²) >= 11 is 0. The predicted octanol–water partition coefficient (Wildman–Crippen LogP) is 3.28. The number of hydrogen-bond acceptors (Lipinski definition) is 4. The summed E-state index contributed by atoms with van der Waals surface area (Å²) in [6.45, 7) is 3.05. The van der Waals surface area contributed by atoms with Crippen LogP contribution in [0.2, 0.25) is 0 Å². The average molecular weight is 355 g/mol. The van der Waals surface area contributed by atoms with E-state index < -0.39 is 6.10 Å². The van der Waals surface area contributed by atoms with Gasteiger partial charge in [-0.3, -0.25) is 4.90 Å². The van der Waals surface area contributed by atoms with Gasteiger partial charge in [0.15, 0.2) is 0 Å². The van der Waals surface area contributed by atoms with Crippen LogP contribution in [0.15, 0.2) is 54.6 Å². The maximum Gasteiger partial charge on any atom is 0.123 e. The number of aliphatic hydroxyl groups excluding tert-OH is 1. The monoisotopic (exact) mass is 355 g/mol. The smallest absolute Gasteiger partial charge is 0.123 e. The maximum atomic E-state index is 10.6. The molecule has 2 unspecified atom stereocenters. The van der Waals surface area contributed by atoms with E-state index in [1.54, 1.807) is 7.11 Å². The van der Waals surface area contributed by atoms with Crippen molar-refractivity contribution in [2.75, 3.05) is 26.8 Å². The van der Waals surface area contributed by atoms with Gasteiger partial charge in [0, 0.05) is 31.8 Å². The lowest BCUT2D eigenvalue weighted by Crippen LogP contribution is -2.38. The first-order valence-corrected chi connectivity index (χ1v) is 9.42. The van der Waals surface area contributed by atoms with Crippen molar-refractivity contribution in [1.29, 1.82) is 0 Å². The number of aliphatic hydroxyl groups is 1. The molecule has 0 spiro atoms. The van der Waals surface area contributed by atoms with E-state index in [1.165, 1.54) is 0 Å². The lowest BCUT2D eigenvalue weighted by atomic mass is 10.1. The highest BCUT2D eigenvalue weighted by molar-refractivity contribution is 5.33. The third-order valence-electron chi connectivity index (χ3n) is 4.86. The molecular formula is C22H29NO3. The second-order valence-corrected chi connectivity index (χ2v) is 6.98. The number of ether oxygens (including phenoxy) is 2. The van der Waals surface area contributed by atoms with E-state index in [9.17, 15) is 5.11 Å². The molecule has 0 saturated carbocycles. The van der Waals surface area contributed by atoms with Crippen molar-refractivity contribution >= 4 is 0 Å². The molecule has 1 heterocycles. The van der Waals surface area contributed by atoms with Crippen LogP contribution >= 0.6 is 0 Å². The Morgan fingerprint density at radius 1 is 1.15 bits per heavy atom. The topological polar surface area (TPSA) is 41.9 Å². The maximum absolute atomic E-state index is 10.6. The minimum absolute atomic E-state index is 0.258. The Hall–Kier alpha value is -1.88. The molecule has 26 heavy (non-hydrogen) atoms. The lowest BCUT2D eigenvalue weighted by Gasteiger charge is -2.28. The first-order chi connectivity index (χ1) is 12.7. The van der Waals surface area contributed by atoms with E-state index in [2.05, 4.69) is 23.1 Å². The Bertz CT molecular complexity index is 655. The van der Waals surface area contributed by atoms with Gasteiger partial charge in [-0.05, 0) is 30.9 Å². The van der Waals surface area contributed by atoms with Crippen LogP contribution < -0.4 is 4.74 Å².